The SMILES string of the molecule is OC(CNc1cccc(F)c1)COCC1CCCO1. The third-order valence-corrected chi connectivity index (χ3v) is 3.00. The fraction of sp³-hybridized carbons (Fsp3) is 0.571. The zero-order valence-corrected chi connectivity index (χ0v) is 10.8. The quantitative estimate of drug-likeness (QED) is 0.792. The Morgan fingerprint density at radius 2 is 2.42 bits per heavy atom. The number of benzene rings is 1. The minimum Gasteiger partial charge on any atom is -0.389 e. The predicted octanol–water partition coefficient (Wildman–Crippen LogP) is 1.79. The number of rotatable bonds is 7. The van der Waals surface area contributed by atoms with Crippen LogP contribution in [0, 0.1) is 5.82 Å². The van der Waals surface area contributed by atoms with Gasteiger partial charge in [0.25, 0.3) is 0 Å². The largest absolute Gasteiger partial charge is 0.389 e. The van der Waals surface area contributed by atoms with Gasteiger partial charge in [0.05, 0.1) is 25.4 Å². The molecule has 0 bridgehead atoms. The summed E-state index contributed by atoms with van der Waals surface area (Å²) in [5.74, 6) is -0.297. The molecule has 2 rings (SSSR count). The second-order valence-electron chi connectivity index (χ2n) is 4.72. The highest BCUT2D eigenvalue weighted by Crippen LogP contribution is 2.12. The maximum absolute atomic E-state index is 12.9. The van der Waals surface area contributed by atoms with E-state index in [0.29, 0.717) is 18.8 Å². The monoisotopic (exact) mass is 269 g/mol. The molecule has 2 atom stereocenters. The van der Waals surface area contributed by atoms with Crippen molar-refractivity contribution in [2.24, 2.45) is 0 Å². The van der Waals surface area contributed by atoms with Gasteiger partial charge in [0.15, 0.2) is 0 Å². The van der Waals surface area contributed by atoms with Crippen molar-refractivity contribution < 1.29 is 19.0 Å². The molecule has 0 spiro atoms. The second kappa shape index (κ2) is 7.43. The lowest BCUT2D eigenvalue weighted by atomic mass is 10.2. The van der Waals surface area contributed by atoms with Crippen molar-refractivity contribution in [2.75, 3.05) is 31.7 Å². The van der Waals surface area contributed by atoms with Crippen molar-refractivity contribution in [2.45, 2.75) is 25.0 Å². The highest BCUT2D eigenvalue weighted by molar-refractivity contribution is 5.43. The van der Waals surface area contributed by atoms with E-state index in [1.807, 2.05) is 0 Å². The zero-order valence-electron chi connectivity index (χ0n) is 10.8. The van der Waals surface area contributed by atoms with Gasteiger partial charge in [0, 0.05) is 18.8 Å². The van der Waals surface area contributed by atoms with Gasteiger partial charge in [-0.15, -0.1) is 0 Å². The molecule has 0 aromatic heterocycles. The van der Waals surface area contributed by atoms with E-state index in [1.54, 1.807) is 12.1 Å². The van der Waals surface area contributed by atoms with Crippen LogP contribution in [0.2, 0.25) is 0 Å². The van der Waals surface area contributed by atoms with E-state index in [9.17, 15) is 9.50 Å². The number of hydrogen-bond acceptors (Lipinski definition) is 4. The summed E-state index contributed by atoms with van der Waals surface area (Å²) >= 11 is 0. The minimum absolute atomic E-state index is 0.170. The molecule has 1 saturated heterocycles. The molecule has 2 N–H and O–H groups in total. The minimum atomic E-state index is -0.621. The first-order valence-corrected chi connectivity index (χ1v) is 6.61. The van der Waals surface area contributed by atoms with Crippen molar-refractivity contribution >= 4 is 5.69 Å². The van der Waals surface area contributed by atoms with Crippen LogP contribution in [-0.2, 0) is 9.47 Å². The molecule has 1 aliphatic heterocycles. The number of halogens is 1. The van der Waals surface area contributed by atoms with Crippen molar-refractivity contribution in [3.8, 4) is 0 Å². The number of nitrogens with one attached hydrogen (secondary N) is 1. The normalized spacial score (nSPS) is 20.4. The van der Waals surface area contributed by atoms with E-state index in [2.05, 4.69) is 5.32 Å². The van der Waals surface area contributed by atoms with Crippen molar-refractivity contribution in [1.82, 2.24) is 0 Å². The molecule has 1 aromatic rings. The smallest absolute Gasteiger partial charge is 0.125 e. The zero-order chi connectivity index (χ0) is 13.5. The number of hydrogen-bond donors (Lipinski definition) is 2. The first-order chi connectivity index (χ1) is 9.24. The molecule has 1 aliphatic rings. The third kappa shape index (κ3) is 5.14. The van der Waals surface area contributed by atoms with E-state index in [0.717, 1.165) is 19.4 Å². The molecular formula is C14H20FNO3. The van der Waals surface area contributed by atoms with Gasteiger partial charge in [-0.05, 0) is 31.0 Å². The van der Waals surface area contributed by atoms with Crippen LogP contribution in [0.25, 0.3) is 0 Å². The Balaban J connectivity index is 1.60. The molecule has 4 nitrogen and oxygen atoms in total. The third-order valence-electron chi connectivity index (χ3n) is 3.00. The van der Waals surface area contributed by atoms with Crippen LogP contribution in [0.4, 0.5) is 10.1 Å². The van der Waals surface area contributed by atoms with Gasteiger partial charge in [-0.3, -0.25) is 0 Å². The topological polar surface area (TPSA) is 50.7 Å². The van der Waals surface area contributed by atoms with Crippen LogP contribution in [0.3, 0.4) is 0 Å². The summed E-state index contributed by atoms with van der Waals surface area (Å²) < 4.78 is 23.7. The van der Waals surface area contributed by atoms with Crippen LogP contribution in [0.5, 0.6) is 0 Å². The first-order valence-electron chi connectivity index (χ1n) is 6.61. The molecule has 2 unspecified atom stereocenters. The van der Waals surface area contributed by atoms with Gasteiger partial charge in [0.2, 0.25) is 0 Å². The predicted molar refractivity (Wildman–Crippen MR) is 70.7 cm³/mol. The lowest BCUT2D eigenvalue weighted by Gasteiger charge is -2.15. The Bertz CT molecular complexity index is 383. The van der Waals surface area contributed by atoms with E-state index in [1.165, 1.54) is 12.1 Å². The standard InChI is InChI=1S/C14H20FNO3/c15-11-3-1-4-12(7-11)16-8-13(17)9-18-10-14-5-2-6-19-14/h1,3-4,7,13-14,16-17H,2,5-6,8-10H2. The molecule has 0 radical (unpaired) electrons. The van der Waals surface area contributed by atoms with Crippen molar-refractivity contribution in [1.29, 1.82) is 0 Å². The Hall–Kier alpha value is -1.17. The molecule has 0 saturated carbocycles. The fourth-order valence-corrected chi connectivity index (χ4v) is 2.00. The Morgan fingerprint density at radius 3 is 3.16 bits per heavy atom. The summed E-state index contributed by atoms with van der Waals surface area (Å²) in [5, 5.41) is 12.7. The van der Waals surface area contributed by atoms with Gasteiger partial charge >= 0.3 is 0 Å². The number of aliphatic hydroxyl groups excluding tert-OH is 1. The Morgan fingerprint density at radius 1 is 1.53 bits per heavy atom. The van der Waals surface area contributed by atoms with E-state index >= 15 is 0 Å². The average molecular weight is 269 g/mol. The molecule has 1 aromatic carbocycles. The lowest BCUT2D eigenvalue weighted by molar-refractivity contribution is -0.0137. The van der Waals surface area contributed by atoms with E-state index in [-0.39, 0.29) is 18.5 Å². The summed E-state index contributed by atoms with van der Waals surface area (Å²) in [5.41, 5.74) is 0.651. The fourth-order valence-electron chi connectivity index (χ4n) is 2.00. The Kier molecular flexibility index (Phi) is 5.57. The molecule has 0 aliphatic carbocycles. The average Bonchev–Trinajstić information content (AvgIpc) is 2.90. The molecule has 19 heavy (non-hydrogen) atoms. The number of anilines is 1. The first kappa shape index (κ1) is 14.2. The number of aliphatic hydroxyl groups is 1. The van der Waals surface area contributed by atoms with Crippen molar-refractivity contribution in [3.05, 3.63) is 30.1 Å². The Labute approximate surface area is 112 Å². The molecule has 5 heteroatoms. The molecule has 1 fully saturated rings. The van der Waals surface area contributed by atoms with Gasteiger partial charge < -0.3 is 19.9 Å². The second-order valence-corrected chi connectivity index (χ2v) is 4.72. The maximum Gasteiger partial charge on any atom is 0.125 e. The highest BCUT2D eigenvalue weighted by Gasteiger charge is 2.16. The molecule has 106 valence electrons. The molecule has 0 amide bonds. The summed E-state index contributed by atoms with van der Waals surface area (Å²) in [7, 11) is 0. The molecular weight excluding hydrogens is 249 g/mol. The van der Waals surface area contributed by atoms with Crippen LogP contribution >= 0.6 is 0 Å². The van der Waals surface area contributed by atoms with Gasteiger partial charge in [-0.25, -0.2) is 4.39 Å². The highest BCUT2D eigenvalue weighted by atomic mass is 19.1. The summed E-state index contributed by atoms with van der Waals surface area (Å²) in [4.78, 5) is 0. The summed E-state index contributed by atoms with van der Waals surface area (Å²) in [6.45, 7) is 1.91. The van der Waals surface area contributed by atoms with Gasteiger partial charge in [-0.2, -0.15) is 0 Å². The van der Waals surface area contributed by atoms with Crippen LogP contribution in [0.1, 0.15) is 12.8 Å². The van der Waals surface area contributed by atoms with Gasteiger partial charge in [0.1, 0.15) is 5.82 Å². The van der Waals surface area contributed by atoms with Crippen molar-refractivity contribution in [3.63, 3.8) is 0 Å². The van der Waals surface area contributed by atoms with Crippen LogP contribution < -0.4 is 5.32 Å². The number of ether oxygens (including phenoxy) is 2. The van der Waals surface area contributed by atoms with Gasteiger partial charge in [-0.1, -0.05) is 6.07 Å². The summed E-state index contributed by atoms with van der Waals surface area (Å²) in [6, 6.07) is 6.15. The maximum atomic E-state index is 12.9. The lowest BCUT2D eigenvalue weighted by Crippen LogP contribution is -2.27. The van der Waals surface area contributed by atoms with E-state index < -0.39 is 6.10 Å². The summed E-state index contributed by atoms with van der Waals surface area (Å²) in [6.07, 6.45) is 1.66. The van der Waals surface area contributed by atoms with E-state index in [4.69, 9.17) is 9.47 Å². The van der Waals surface area contributed by atoms with Crippen LogP contribution in [0.15, 0.2) is 24.3 Å². The molecule has 1 heterocycles. The van der Waals surface area contributed by atoms with Crippen LogP contribution in [-0.4, -0.2) is 43.7 Å².